The second-order valence-electron chi connectivity index (χ2n) is 3.30. The van der Waals surface area contributed by atoms with Crippen LogP contribution in [0, 0.1) is 0 Å². The lowest BCUT2D eigenvalue weighted by molar-refractivity contribution is 0.0517. The first-order valence-corrected chi connectivity index (χ1v) is 5.44. The molecule has 1 heterocycles. The number of rotatable bonds is 7. The van der Waals surface area contributed by atoms with Gasteiger partial charge in [0.05, 0.1) is 0 Å². The lowest BCUT2D eigenvalue weighted by Crippen LogP contribution is -2.14. The third-order valence-corrected chi connectivity index (χ3v) is 2.26. The minimum absolute atomic E-state index is 0.127. The molecule has 2 atom stereocenters. The fraction of sp³-hybridized carbons (Fsp3) is 0.800. The van der Waals surface area contributed by atoms with Gasteiger partial charge in [-0.2, -0.15) is 4.98 Å². The molecule has 0 radical (unpaired) electrons. The van der Waals surface area contributed by atoms with Crippen molar-refractivity contribution < 1.29 is 14.0 Å². The molecule has 0 aromatic carbocycles. The Morgan fingerprint density at radius 1 is 1.38 bits per heavy atom. The minimum Gasteiger partial charge on any atom is -0.370 e. The van der Waals surface area contributed by atoms with Crippen LogP contribution in [0.5, 0.6) is 0 Å². The highest BCUT2D eigenvalue weighted by atomic mass is 16.5. The normalized spacial score (nSPS) is 15.0. The quantitative estimate of drug-likeness (QED) is 0.756. The van der Waals surface area contributed by atoms with Crippen molar-refractivity contribution in [1.29, 1.82) is 0 Å². The fourth-order valence-electron chi connectivity index (χ4n) is 1.38. The van der Waals surface area contributed by atoms with Crippen LogP contribution in [-0.4, -0.2) is 30.4 Å². The first-order valence-electron chi connectivity index (χ1n) is 5.44. The van der Waals surface area contributed by atoms with Crippen molar-refractivity contribution in [2.45, 2.75) is 32.5 Å². The van der Waals surface area contributed by atoms with Gasteiger partial charge >= 0.3 is 0 Å². The Morgan fingerprint density at radius 2 is 2.12 bits per heavy atom. The van der Waals surface area contributed by atoms with Crippen LogP contribution in [0.4, 0.5) is 0 Å². The van der Waals surface area contributed by atoms with Crippen LogP contribution >= 0.6 is 0 Å². The molecule has 0 bridgehead atoms. The molecule has 0 saturated heterocycles. The van der Waals surface area contributed by atoms with Gasteiger partial charge in [-0.25, -0.2) is 0 Å². The van der Waals surface area contributed by atoms with Gasteiger partial charge in [-0.15, -0.1) is 0 Å². The van der Waals surface area contributed by atoms with Gasteiger partial charge in [0, 0.05) is 20.3 Å². The number of nitrogens with zero attached hydrogens (tertiary/aromatic N) is 2. The van der Waals surface area contributed by atoms with Crippen LogP contribution in [0.3, 0.4) is 0 Å². The van der Waals surface area contributed by atoms with E-state index in [4.69, 9.17) is 19.7 Å². The Bertz CT molecular complexity index is 299. The zero-order chi connectivity index (χ0) is 12.0. The lowest BCUT2D eigenvalue weighted by atomic mass is 10.2. The van der Waals surface area contributed by atoms with Crippen molar-refractivity contribution in [2.75, 3.05) is 20.3 Å². The highest BCUT2D eigenvalue weighted by Gasteiger charge is 2.21. The first-order chi connectivity index (χ1) is 7.76. The maximum atomic E-state index is 5.51. The van der Waals surface area contributed by atoms with Crippen LogP contribution in [0.25, 0.3) is 0 Å². The Labute approximate surface area is 95.1 Å². The summed E-state index contributed by atoms with van der Waals surface area (Å²) in [6.45, 7) is 4.87. The van der Waals surface area contributed by atoms with E-state index in [9.17, 15) is 0 Å². The maximum absolute atomic E-state index is 5.51. The predicted octanol–water partition coefficient (Wildman–Crippen LogP) is 1.20. The molecule has 2 N–H and O–H groups in total. The van der Waals surface area contributed by atoms with Crippen molar-refractivity contribution in [3.8, 4) is 0 Å². The van der Waals surface area contributed by atoms with Crippen molar-refractivity contribution >= 4 is 0 Å². The molecular weight excluding hydrogens is 210 g/mol. The van der Waals surface area contributed by atoms with E-state index in [1.807, 2.05) is 13.8 Å². The zero-order valence-electron chi connectivity index (χ0n) is 9.97. The summed E-state index contributed by atoms with van der Waals surface area (Å²) in [4.78, 5) is 4.23. The van der Waals surface area contributed by atoms with Gasteiger partial charge < -0.3 is 19.7 Å². The van der Waals surface area contributed by atoms with Gasteiger partial charge in [-0.05, 0) is 13.3 Å². The Hall–Kier alpha value is -0.980. The summed E-state index contributed by atoms with van der Waals surface area (Å²) in [5.41, 5.74) is 5.51. The molecule has 16 heavy (non-hydrogen) atoms. The highest BCUT2D eigenvalue weighted by Crippen LogP contribution is 2.20. The van der Waals surface area contributed by atoms with E-state index in [0.29, 0.717) is 24.9 Å². The summed E-state index contributed by atoms with van der Waals surface area (Å²) in [6.07, 6.45) is 0.325. The Balaban J connectivity index is 2.75. The van der Waals surface area contributed by atoms with E-state index >= 15 is 0 Å². The summed E-state index contributed by atoms with van der Waals surface area (Å²) < 4.78 is 15.7. The summed E-state index contributed by atoms with van der Waals surface area (Å²) in [5.74, 6) is 0.952. The van der Waals surface area contributed by atoms with E-state index < -0.39 is 0 Å². The summed E-state index contributed by atoms with van der Waals surface area (Å²) >= 11 is 0. The second-order valence-corrected chi connectivity index (χ2v) is 3.30. The number of ether oxygens (including phenoxy) is 2. The molecule has 1 rings (SSSR count). The third kappa shape index (κ3) is 3.01. The van der Waals surface area contributed by atoms with Crippen LogP contribution in [0.1, 0.15) is 44.2 Å². The maximum Gasteiger partial charge on any atom is 0.257 e. The van der Waals surface area contributed by atoms with Crippen molar-refractivity contribution in [3.05, 3.63) is 11.7 Å². The molecular formula is C10H19N3O3. The van der Waals surface area contributed by atoms with E-state index in [-0.39, 0.29) is 12.2 Å². The topological polar surface area (TPSA) is 83.4 Å². The molecule has 1 aromatic rings. The molecule has 0 aliphatic heterocycles. The van der Waals surface area contributed by atoms with Crippen molar-refractivity contribution in [3.63, 3.8) is 0 Å². The molecule has 0 saturated carbocycles. The van der Waals surface area contributed by atoms with E-state index in [1.54, 1.807) is 7.11 Å². The average molecular weight is 229 g/mol. The molecule has 92 valence electrons. The minimum atomic E-state index is -0.347. The number of hydrogen-bond acceptors (Lipinski definition) is 6. The highest BCUT2D eigenvalue weighted by molar-refractivity contribution is 4.94. The van der Waals surface area contributed by atoms with Crippen molar-refractivity contribution in [2.24, 2.45) is 5.73 Å². The Morgan fingerprint density at radius 3 is 2.62 bits per heavy atom. The molecule has 2 unspecified atom stereocenters. The molecule has 0 fully saturated rings. The predicted molar refractivity (Wildman–Crippen MR) is 57.8 cm³/mol. The average Bonchev–Trinajstić information content (AvgIpc) is 2.77. The van der Waals surface area contributed by atoms with E-state index in [2.05, 4.69) is 10.1 Å². The van der Waals surface area contributed by atoms with E-state index in [0.717, 1.165) is 6.42 Å². The number of hydrogen-bond donors (Lipinski definition) is 1. The van der Waals surface area contributed by atoms with Crippen LogP contribution < -0.4 is 5.73 Å². The van der Waals surface area contributed by atoms with Gasteiger partial charge in [0.25, 0.3) is 5.89 Å². The Kier molecular flexibility index (Phi) is 5.37. The molecule has 0 spiro atoms. The largest absolute Gasteiger partial charge is 0.370 e. The number of methoxy groups -OCH3 is 1. The van der Waals surface area contributed by atoms with Gasteiger partial charge in [0.15, 0.2) is 0 Å². The van der Waals surface area contributed by atoms with Crippen LogP contribution in [-0.2, 0) is 9.47 Å². The van der Waals surface area contributed by atoms with Crippen molar-refractivity contribution in [1.82, 2.24) is 10.1 Å². The monoisotopic (exact) mass is 229 g/mol. The molecule has 6 nitrogen and oxygen atoms in total. The van der Waals surface area contributed by atoms with Gasteiger partial charge in [0.2, 0.25) is 5.82 Å². The number of nitrogens with two attached hydrogens (primary N) is 1. The fourth-order valence-corrected chi connectivity index (χ4v) is 1.38. The van der Waals surface area contributed by atoms with Gasteiger partial charge in [0.1, 0.15) is 12.2 Å². The summed E-state index contributed by atoms with van der Waals surface area (Å²) in [6, 6.07) is 0. The summed E-state index contributed by atoms with van der Waals surface area (Å²) in [7, 11) is 1.56. The van der Waals surface area contributed by atoms with Crippen LogP contribution in [0.15, 0.2) is 4.52 Å². The lowest BCUT2D eigenvalue weighted by Gasteiger charge is -2.09. The summed E-state index contributed by atoms with van der Waals surface area (Å²) in [5, 5.41) is 3.88. The van der Waals surface area contributed by atoms with Gasteiger partial charge in [-0.3, -0.25) is 0 Å². The molecule has 6 heteroatoms. The van der Waals surface area contributed by atoms with Crippen LogP contribution in [0.2, 0.25) is 0 Å². The first kappa shape index (κ1) is 13.1. The molecule has 0 amide bonds. The van der Waals surface area contributed by atoms with Gasteiger partial charge in [-0.1, -0.05) is 12.1 Å². The zero-order valence-corrected chi connectivity index (χ0v) is 9.97. The molecule has 1 aromatic heterocycles. The SMILES string of the molecule is CCOC(CC)c1noc(C(CN)OC)n1. The smallest absolute Gasteiger partial charge is 0.257 e. The van der Waals surface area contributed by atoms with E-state index in [1.165, 1.54) is 0 Å². The molecule has 0 aliphatic carbocycles. The standard InChI is InChI=1S/C10H19N3O3/c1-4-7(15-5-2)9-12-10(16-13-9)8(6-11)14-3/h7-8H,4-6,11H2,1-3H3. The molecule has 0 aliphatic rings. The third-order valence-electron chi connectivity index (χ3n) is 2.26. The number of aromatic nitrogens is 2. The second kappa shape index (κ2) is 6.57.